The highest BCUT2D eigenvalue weighted by molar-refractivity contribution is 5.74. The molecule has 0 spiro atoms. The zero-order valence-electron chi connectivity index (χ0n) is 14.0. The van der Waals surface area contributed by atoms with E-state index in [4.69, 9.17) is 9.47 Å². The van der Waals surface area contributed by atoms with E-state index in [0.29, 0.717) is 11.9 Å². The van der Waals surface area contributed by atoms with Gasteiger partial charge in [-0.1, -0.05) is 0 Å². The molecule has 0 aliphatic carbocycles. The van der Waals surface area contributed by atoms with Crippen LogP contribution in [0.4, 0.5) is 10.6 Å². The third-order valence-corrected chi connectivity index (χ3v) is 4.53. The number of carbonyl (C=O) groups excluding carboxylic acids is 1. The molecule has 0 unspecified atom stereocenters. The Kier molecular flexibility index (Phi) is 5.68. The molecule has 24 heavy (non-hydrogen) atoms. The maximum absolute atomic E-state index is 12.3. The first-order chi connectivity index (χ1) is 11.7. The van der Waals surface area contributed by atoms with Crippen molar-refractivity contribution in [2.75, 3.05) is 38.7 Å². The van der Waals surface area contributed by atoms with Crippen LogP contribution in [0, 0.1) is 0 Å². The maximum atomic E-state index is 12.3. The zero-order chi connectivity index (χ0) is 16.8. The van der Waals surface area contributed by atoms with Gasteiger partial charge in [-0.05, 0) is 25.7 Å². The lowest BCUT2D eigenvalue weighted by Gasteiger charge is -2.34. The summed E-state index contributed by atoms with van der Waals surface area (Å²) in [7, 11) is 1.58. The Morgan fingerprint density at radius 2 is 1.96 bits per heavy atom. The summed E-state index contributed by atoms with van der Waals surface area (Å²) in [6.45, 7) is 2.96. The Bertz CT molecular complexity index is 542. The van der Waals surface area contributed by atoms with E-state index < -0.39 is 0 Å². The lowest BCUT2D eigenvalue weighted by molar-refractivity contribution is 0.0775. The molecule has 0 atom stereocenters. The van der Waals surface area contributed by atoms with Gasteiger partial charge in [0.1, 0.15) is 12.1 Å². The minimum Gasteiger partial charge on any atom is -0.481 e. The van der Waals surface area contributed by atoms with E-state index in [1.165, 1.54) is 6.33 Å². The molecule has 2 saturated heterocycles. The van der Waals surface area contributed by atoms with Crippen LogP contribution in [0.1, 0.15) is 25.7 Å². The van der Waals surface area contributed by atoms with Crippen molar-refractivity contribution in [3.05, 3.63) is 12.4 Å². The summed E-state index contributed by atoms with van der Waals surface area (Å²) in [5.74, 6) is 1.30. The number of aromatic nitrogens is 2. The van der Waals surface area contributed by atoms with E-state index in [1.54, 1.807) is 13.2 Å². The number of nitrogens with one attached hydrogen (secondary N) is 2. The van der Waals surface area contributed by atoms with Gasteiger partial charge in [-0.25, -0.2) is 14.8 Å². The lowest BCUT2D eigenvalue weighted by atomic mass is 10.1. The Morgan fingerprint density at radius 1 is 1.21 bits per heavy atom. The van der Waals surface area contributed by atoms with Gasteiger partial charge in [0.2, 0.25) is 5.88 Å². The van der Waals surface area contributed by atoms with E-state index in [9.17, 15) is 4.79 Å². The molecule has 2 fully saturated rings. The number of nitrogens with zero attached hydrogens (tertiary/aromatic N) is 3. The predicted molar refractivity (Wildman–Crippen MR) is 89.2 cm³/mol. The van der Waals surface area contributed by atoms with Gasteiger partial charge in [0.15, 0.2) is 0 Å². The number of ether oxygens (including phenoxy) is 2. The van der Waals surface area contributed by atoms with Crippen LogP contribution in [-0.2, 0) is 4.74 Å². The summed E-state index contributed by atoms with van der Waals surface area (Å²) in [6.07, 6.45) is 5.08. The van der Waals surface area contributed by atoms with Crippen molar-refractivity contribution in [2.45, 2.75) is 37.8 Å². The van der Waals surface area contributed by atoms with Crippen LogP contribution >= 0.6 is 0 Å². The molecular weight excluding hydrogens is 310 g/mol. The molecule has 2 aliphatic heterocycles. The fraction of sp³-hybridized carbons (Fsp3) is 0.688. The SMILES string of the molecule is COc1cc(NC2CCN(C(=O)NC3CCOCC3)CC2)ncn1. The molecule has 2 N–H and O–H groups in total. The van der Waals surface area contributed by atoms with Crippen molar-refractivity contribution in [2.24, 2.45) is 0 Å². The van der Waals surface area contributed by atoms with Crippen molar-refractivity contribution >= 4 is 11.8 Å². The van der Waals surface area contributed by atoms with Crippen LogP contribution in [0.25, 0.3) is 0 Å². The first kappa shape index (κ1) is 16.8. The standard InChI is InChI=1S/C16H25N5O3/c1-23-15-10-14(17-11-18-15)19-12-2-6-21(7-3-12)16(22)20-13-4-8-24-9-5-13/h10-13H,2-9H2,1H3,(H,20,22)(H,17,18,19). The molecule has 2 amide bonds. The highest BCUT2D eigenvalue weighted by Crippen LogP contribution is 2.17. The number of methoxy groups -OCH3 is 1. The molecule has 0 radical (unpaired) electrons. The third kappa shape index (κ3) is 4.47. The van der Waals surface area contributed by atoms with Crippen molar-refractivity contribution in [1.82, 2.24) is 20.2 Å². The van der Waals surface area contributed by atoms with Gasteiger partial charge in [0, 0.05) is 44.5 Å². The topological polar surface area (TPSA) is 88.6 Å². The average Bonchev–Trinajstić information content (AvgIpc) is 2.63. The largest absolute Gasteiger partial charge is 0.481 e. The van der Waals surface area contributed by atoms with Gasteiger partial charge < -0.3 is 25.0 Å². The smallest absolute Gasteiger partial charge is 0.317 e. The van der Waals surface area contributed by atoms with Crippen molar-refractivity contribution < 1.29 is 14.3 Å². The molecule has 3 rings (SSSR count). The number of rotatable bonds is 4. The number of amides is 2. The van der Waals surface area contributed by atoms with E-state index in [1.807, 2.05) is 4.90 Å². The monoisotopic (exact) mass is 335 g/mol. The first-order valence-corrected chi connectivity index (χ1v) is 8.50. The van der Waals surface area contributed by atoms with Gasteiger partial charge in [0.05, 0.1) is 7.11 Å². The summed E-state index contributed by atoms with van der Waals surface area (Å²) >= 11 is 0. The lowest BCUT2D eigenvalue weighted by Crippen LogP contribution is -2.50. The van der Waals surface area contributed by atoms with Gasteiger partial charge in [0.25, 0.3) is 0 Å². The van der Waals surface area contributed by atoms with E-state index in [0.717, 1.165) is 57.8 Å². The fourth-order valence-electron chi connectivity index (χ4n) is 3.07. The number of hydrogen-bond donors (Lipinski definition) is 2. The molecule has 8 nitrogen and oxygen atoms in total. The Morgan fingerprint density at radius 3 is 2.67 bits per heavy atom. The van der Waals surface area contributed by atoms with Crippen LogP contribution in [0.5, 0.6) is 5.88 Å². The molecule has 1 aromatic heterocycles. The number of urea groups is 1. The van der Waals surface area contributed by atoms with E-state index >= 15 is 0 Å². The molecule has 0 bridgehead atoms. The molecule has 132 valence electrons. The number of carbonyl (C=O) groups is 1. The number of hydrogen-bond acceptors (Lipinski definition) is 6. The molecule has 0 saturated carbocycles. The Labute approximate surface area is 141 Å². The van der Waals surface area contributed by atoms with Gasteiger partial charge in [-0.2, -0.15) is 0 Å². The number of anilines is 1. The minimum absolute atomic E-state index is 0.0454. The van der Waals surface area contributed by atoms with Gasteiger partial charge >= 0.3 is 6.03 Å². The van der Waals surface area contributed by atoms with Crippen LogP contribution in [0.2, 0.25) is 0 Å². The van der Waals surface area contributed by atoms with E-state index in [-0.39, 0.29) is 12.1 Å². The van der Waals surface area contributed by atoms with Gasteiger partial charge in [-0.3, -0.25) is 0 Å². The third-order valence-electron chi connectivity index (χ3n) is 4.53. The normalized spacial score (nSPS) is 19.8. The van der Waals surface area contributed by atoms with Crippen molar-refractivity contribution in [1.29, 1.82) is 0 Å². The molecule has 2 aliphatic rings. The highest BCUT2D eigenvalue weighted by Gasteiger charge is 2.25. The summed E-state index contributed by atoms with van der Waals surface area (Å²) in [6, 6.07) is 2.38. The second-order valence-corrected chi connectivity index (χ2v) is 6.19. The molecule has 3 heterocycles. The highest BCUT2D eigenvalue weighted by atomic mass is 16.5. The van der Waals surface area contributed by atoms with Crippen LogP contribution < -0.4 is 15.4 Å². The van der Waals surface area contributed by atoms with Crippen LogP contribution in [0.15, 0.2) is 12.4 Å². The molecular formula is C16H25N5O3. The summed E-state index contributed by atoms with van der Waals surface area (Å²) in [5, 5.41) is 6.51. The second-order valence-electron chi connectivity index (χ2n) is 6.19. The quantitative estimate of drug-likeness (QED) is 0.861. The first-order valence-electron chi connectivity index (χ1n) is 8.50. The fourth-order valence-corrected chi connectivity index (χ4v) is 3.07. The minimum atomic E-state index is 0.0454. The number of likely N-dealkylation sites (tertiary alicyclic amines) is 1. The van der Waals surface area contributed by atoms with E-state index in [2.05, 4.69) is 20.6 Å². The predicted octanol–water partition coefficient (Wildman–Crippen LogP) is 1.25. The summed E-state index contributed by atoms with van der Waals surface area (Å²) < 4.78 is 10.4. The average molecular weight is 335 g/mol. The molecule has 1 aromatic rings. The van der Waals surface area contributed by atoms with Gasteiger partial charge in [-0.15, -0.1) is 0 Å². The van der Waals surface area contributed by atoms with Crippen molar-refractivity contribution in [3.8, 4) is 5.88 Å². The zero-order valence-corrected chi connectivity index (χ0v) is 14.0. The molecule has 8 heteroatoms. The second kappa shape index (κ2) is 8.14. The number of piperidine rings is 1. The molecule has 0 aromatic carbocycles. The summed E-state index contributed by atoms with van der Waals surface area (Å²) in [4.78, 5) is 22.4. The maximum Gasteiger partial charge on any atom is 0.317 e. The summed E-state index contributed by atoms with van der Waals surface area (Å²) in [5.41, 5.74) is 0. The van der Waals surface area contributed by atoms with Crippen LogP contribution in [0.3, 0.4) is 0 Å². The van der Waals surface area contributed by atoms with Crippen molar-refractivity contribution in [3.63, 3.8) is 0 Å². The van der Waals surface area contributed by atoms with Crippen LogP contribution in [-0.4, -0.2) is 66.4 Å². The Balaban J connectivity index is 1.44. The Hall–Kier alpha value is -2.09.